The van der Waals surface area contributed by atoms with E-state index in [9.17, 15) is 9.18 Å². The van der Waals surface area contributed by atoms with Crippen LogP contribution < -0.4 is 4.90 Å². The highest BCUT2D eigenvalue weighted by atomic mass is 19.1. The van der Waals surface area contributed by atoms with Gasteiger partial charge in [0.15, 0.2) is 0 Å². The molecule has 0 spiro atoms. The van der Waals surface area contributed by atoms with Gasteiger partial charge in [0.05, 0.1) is 0 Å². The first-order chi connectivity index (χ1) is 7.66. The van der Waals surface area contributed by atoms with E-state index in [4.69, 9.17) is 5.11 Å². The van der Waals surface area contributed by atoms with Crippen LogP contribution in [-0.4, -0.2) is 23.7 Å². The van der Waals surface area contributed by atoms with Crippen LogP contribution in [0.5, 0.6) is 0 Å². The van der Waals surface area contributed by atoms with E-state index in [2.05, 4.69) is 0 Å². The van der Waals surface area contributed by atoms with Crippen molar-refractivity contribution in [2.24, 2.45) is 0 Å². The molecule has 0 atom stereocenters. The van der Waals surface area contributed by atoms with Gasteiger partial charge in [-0.1, -0.05) is 0 Å². The highest BCUT2D eigenvalue weighted by Gasteiger charge is 2.26. The Morgan fingerprint density at radius 1 is 1.38 bits per heavy atom. The Morgan fingerprint density at radius 2 is 2.00 bits per heavy atom. The van der Waals surface area contributed by atoms with Crippen LogP contribution in [0.25, 0.3) is 0 Å². The molecule has 0 bridgehead atoms. The van der Waals surface area contributed by atoms with Crippen LogP contribution in [0.2, 0.25) is 0 Å². The van der Waals surface area contributed by atoms with E-state index >= 15 is 0 Å². The lowest BCUT2D eigenvalue weighted by Crippen LogP contribution is -2.43. The Morgan fingerprint density at radius 3 is 2.44 bits per heavy atom. The molecule has 1 aromatic rings. The number of carboxylic acid groups (broad SMARTS) is 1. The quantitative estimate of drug-likeness (QED) is 0.851. The molecule has 4 heteroatoms. The predicted octanol–water partition coefficient (Wildman–Crippen LogP) is 2.27. The zero-order valence-corrected chi connectivity index (χ0v) is 8.90. The second-order valence-electron chi connectivity index (χ2n) is 4.08. The average Bonchev–Trinajstić information content (AvgIpc) is 2.14. The first kappa shape index (κ1) is 10.9. The molecule has 0 amide bonds. The molecule has 3 nitrogen and oxygen atoms in total. The van der Waals surface area contributed by atoms with E-state index in [1.54, 1.807) is 12.1 Å². The van der Waals surface area contributed by atoms with Crippen LogP contribution in [-0.2, 0) is 4.79 Å². The number of halogens is 1. The first-order valence-electron chi connectivity index (χ1n) is 5.41. The maximum atomic E-state index is 12.8. The molecule has 0 radical (unpaired) electrons. The third-order valence-corrected chi connectivity index (χ3v) is 2.98. The van der Waals surface area contributed by atoms with Crippen molar-refractivity contribution >= 4 is 11.7 Å². The minimum atomic E-state index is -0.851. The topological polar surface area (TPSA) is 40.5 Å². The highest BCUT2D eigenvalue weighted by molar-refractivity contribution is 5.74. The Hall–Kier alpha value is -1.58. The molecule has 16 heavy (non-hydrogen) atoms. The van der Waals surface area contributed by atoms with Crippen molar-refractivity contribution < 1.29 is 14.3 Å². The van der Waals surface area contributed by atoms with Crippen LogP contribution in [0.1, 0.15) is 19.3 Å². The fourth-order valence-corrected chi connectivity index (χ4v) is 1.91. The standard InChI is InChI=1S/C12H14FNO2/c13-9-4-6-11(7-5-9)14(8-12(15)16)10-2-1-3-10/h4-7,10H,1-3,8H2,(H,15,16). The van der Waals surface area contributed by atoms with E-state index in [1.807, 2.05) is 4.90 Å². The van der Waals surface area contributed by atoms with Crippen LogP contribution in [0, 0.1) is 5.82 Å². The van der Waals surface area contributed by atoms with Gasteiger partial charge in [0.1, 0.15) is 12.4 Å². The summed E-state index contributed by atoms with van der Waals surface area (Å²) in [4.78, 5) is 12.6. The lowest BCUT2D eigenvalue weighted by atomic mass is 9.91. The molecular formula is C12H14FNO2. The number of rotatable bonds is 4. The van der Waals surface area contributed by atoms with Crippen molar-refractivity contribution in [1.82, 2.24) is 0 Å². The zero-order valence-electron chi connectivity index (χ0n) is 8.90. The molecule has 1 aromatic carbocycles. The number of anilines is 1. The number of carbonyl (C=O) groups is 1. The predicted molar refractivity (Wildman–Crippen MR) is 59.0 cm³/mol. The number of carboxylic acids is 1. The maximum Gasteiger partial charge on any atom is 0.323 e. The van der Waals surface area contributed by atoms with Crippen molar-refractivity contribution in [3.05, 3.63) is 30.1 Å². The van der Waals surface area contributed by atoms with Crippen molar-refractivity contribution in [3.63, 3.8) is 0 Å². The van der Waals surface area contributed by atoms with E-state index in [-0.39, 0.29) is 12.4 Å². The second-order valence-corrected chi connectivity index (χ2v) is 4.08. The van der Waals surface area contributed by atoms with Gasteiger partial charge in [0, 0.05) is 11.7 Å². The number of aliphatic carboxylic acids is 1. The van der Waals surface area contributed by atoms with Gasteiger partial charge < -0.3 is 10.0 Å². The molecular weight excluding hydrogens is 209 g/mol. The van der Waals surface area contributed by atoms with Crippen molar-refractivity contribution in [3.8, 4) is 0 Å². The molecule has 1 aliphatic carbocycles. The molecule has 1 saturated carbocycles. The van der Waals surface area contributed by atoms with Gasteiger partial charge in [-0.2, -0.15) is 0 Å². The van der Waals surface area contributed by atoms with Gasteiger partial charge in [0.2, 0.25) is 0 Å². The molecule has 0 unspecified atom stereocenters. The van der Waals surface area contributed by atoms with Gasteiger partial charge in [-0.3, -0.25) is 4.79 Å². The highest BCUT2D eigenvalue weighted by Crippen LogP contribution is 2.29. The van der Waals surface area contributed by atoms with Gasteiger partial charge in [-0.15, -0.1) is 0 Å². The van der Waals surface area contributed by atoms with Crippen LogP contribution >= 0.6 is 0 Å². The molecule has 86 valence electrons. The molecule has 2 rings (SSSR count). The SMILES string of the molecule is O=C(O)CN(c1ccc(F)cc1)C1CCC1. The third-order valence-electron chi connectivity index (χ3n) is 2.98. The molecule has 1 N–H and O–H groups in total. The molecule has 1 aliphatic rings. The lowest BCUT2D eigenvalue weighted by molar-refractivity contribution is -0.135. The largest absolute Gasteiger partial charge is 0.480 e. The van der Waals surface area contributed by atoms with E-state index < -0.39 is 5.97 Å². The van der Waals surface area contributed by atoms with E-state index in [0.29, 0.717) is 6.04 Å². The Labute approximate surface area is 93.5 Å². The summed E-state index contributed by atoms with van der Waals surface area (Å²) in [5, 5.41) is 8.85. The minimum Gasteiger partial charge on any atom is -0.480 e. The summed E-state index contributed by atoms with van der Waals surface area (Å²) in [6, 6.07) is 6.29. The van der Waals surface area contributed by atoms with Crippen LogP contribution in [0.3, 0.4) is 0 Å². The van der Waals surface area contributed by atoms with Crippen molar-refractivity contribution in [1.29, 1.82) is 0 Å². The van der Waals surface area contributed by atoms with E-state index in [1.165, 1.54) is 12.1 Å². The minimum absolute atomic E-state index is 0.0176. The van der Waals surface area contributed by atoms with Gasteiger partial charge in [-0.05, 0) is 43.5 Å². The summed E-state index contributed by atoms with van der Waals surface area (Å²) >= 11 is 0. The number of hydrogen-bond acceptors (Lipinski definition) is 2. The molecule has 1 fully saturated rings. The maximum absolute atomic E-state index is 12.8. The number of hydrogen-bond donors (Lipinski definition) is 1. The number of benzene rings is 1. The Balaban J connectivity index is 2.16. The summed E-state index contributed by atoms with van der Waals surface area (Å²) in [5.41, 5.74) is 0.786. The summed E-state index contributed by atoms with van der Waals surface area (Å²) in [6.07, 6.45) is 3.18. The molecule has 0 heterocycles. The Bertz CT molecular complexity index is 373. The first-order valence-corrected chi connectivity index (χ1v) is 5.41. The second kappa shape index (κ2) is 4.51. The zero-order chi connectivity index (χ0) is 11.5. The fraction of sp³-hybridized carbons (Fsp3) is 0.417. The molecule has 0 saturated heterocycles. The van der Waals surface area contributed by atoms with Gasteiger partial charge in [0.25, 0.3) is 0 Å². The summed E-state index contributed by atoms with van der Waals surface area (Å²) < 4.78 is 12.8. The average molecular weight is 223 g/mol. The summed E-state index contributed by atoms with van der Waals surface area (Å²) in [5.74, 6) is -1.15. The number of nitrogens with zero attached hydrogens (tertiary/aromatic N) is 1. The Kier molecular flexibility index (Phi) is 3.08. The van der Waals surface area contributed by atoms with Crippen molar-refractivity contribution in [2.45, 2.75) is 25.3 Å². The van der Waals surface area contributed by atoms with E-state index in [0.717, 1.165) is 24.9 Å². The fourth-order valence-electron chi connectivity index (χ4n) is 1.91. The lowest BCUT2D eigenvalue weighted by Gasteiger charge is -2.38. The molecule has 0 aromatic heterocycles. The summed E-state index contributed by atoms with van der Waals surface area (Å²) in [7, 11) is 0. The van der Waals surface area contributed by atoms with Crippen LogP contribution in [0.15, 0.2) is 24.3 Å². The third kappa shape index (κ3) is 2.32. The van der Waals surface area contributed by atoms with Gasteiger partial charge >= 0.3 is 5.97 Å². The monoisotopic (exact) mass is 223 g/mol. The van der Waals surface area contributed by atoms with Gasteiger partial charge in [-0.25, -0.2) is 4.39 Å². The smallest absolute Gasteiger partial charge is 0.323 e. The van der Waals surface area contributed by atoms with Crippen molar-refractivity contribution in [2.75, 3.05) is 11.4 Å². The molecule has 0 aliphatic heterocycles. The van der Waals surface area contributed by atoms with Crippen LogP contribution in [0.4, 0.5) is 10.1 Å². The summed E-state index contributed by atoms with van der Waals surface area (Å²) in [6.45, 7) is -0.0176. The normalized spacial score (nSPS) is 15.6.